The molecule has 1 N–H and O–H groups in total. The fraction of sp³-hybridized carbons (Fsp3) is 0.435. The van der Waals surface area contributed by atoms with Crippen LogP contribution in [0, 0.1) is 0 Å². The highest BCUT2D eigenvalue weighted by Gasteiger charge is 2.23. The van der Waals surface area contributed by atoms with E-state index < -0.39 is 6.61 Å². The summed E-state index contributed by atoms with van der Waals surface area (Å²) >= 11 is 0. The number of halogens is 2. The summed E-state index contributed by atoms with van der Waals surface area (Å²) in [5, 5.41) is 3.49. The van der Waals surface area contributed by atoms with Gasteiger partial charge in [-0.3, -0.25) is 9.89 Å². The molecule has 0 saturated carbocycles. The molecule has 0 bridgehead atoms. The van der Waals surface area contributed by atoms with Crippen molar-refractivity contribution in [2.24, 2.45) is 4.99 Å². The Balaban J connectivity index is 1.61. The van der Waals surface area contributed by atoms with Gasteiger partial charge in [0, 0.05) is 40.3 Å². The SMILES string of the molecule is CN=C(NCC(c1ccccc1)N1CCOCC1)N(C)Cc1ccc(OC(F)F)cc1. The molecule has 0 aromatic heterocycles. The number of hydrogen-bond donors (Lipinski definition) is 1. The summed E-state index contributed by atoms with van der Waals surface area (Å²) in [5.41, 5.74) is 2.23. The van der Waals surface area contributed by atoms with Gasteiger partial charge in [0.1, 0.15) is 5.75 Å². The van der Waals surface area contributed by atoms with Crippen LogP contribution in [0.1, 0.15) is 17.2 Å². The van der Waals surface area contributed by atoms with Crippen LogP contribution in [0.25, 0.3) is 0 Å². The monoisotopic (exact) mass is 432 g/mol. The Kier molecular flexibility index (Phi) is 8.61. The Hall–Kier alpha value is -2.71. The zero-order valence-corrected chi connectivity index (χ0v) is 18.0. The number of guanidine groups is 1. The van der Waals surface area contributed by atoms with Crippen LogP contribution in [0.2, 0.25) is 0 Å². The predicted octanol–water partition coefficient (Wildman–Crippen LogP) is 3.37. The maximum atomic E-state index is 12.3. The van der Waals surface area contributed by atoms with E-state index in [1.165, 1.54) is 5.56 Å². The zero-order chi connectivity index (χ0) is 22.1. The van der Waals surface area contributed by atoms with Crippen LogP contribution >= 0.6 is 0 Å². The number of alkyl halides is 2. The van der Waals surface area contributed by atoms with Crippen molar-refractivity contribution in [2.45, 2.75) is 19.2 Å². The Labute approximate surface area is 182 Å². The molecule has 0 amide bonds. The number of nitrogens with zero attached hydrogens (tertiary/aromatic N) is 3. The first kappa shape index (κ1) is 23.0. The number of ether oxygens (including phenoxy) is 2. The average Bonchev–Trinajstić information content (AvgIpc) is 2.79. The molecule has 0 aliphatic carbocycles. The Morgan fingerprint density at radius 3 is 2.42 bits per heavy atom. The standard InChI is InChI=1S/C23H30F2N4O2/c1-26-23(28(2)17-18-8-10-20(11-9-18)31-22(24)25)27-16-21(19-6-4-3-5-7-19)29-12-14-30-15-13-29/h3-11,21-22H,12-17H2,1-2H3,(H,26,27). The van der Waals surface area contributed by atoms with Gasteiger partial charge in [-0.25, -0.2) is 0 Å². The summed E-state index contributed by atoms with van der Waals surface area (Å²) in [7, 11) is 3.70. The lowest BCUT2D eigenvalue weighted by molar-refractivity contribution is -0.0498. The molecular formula is C23H30F2N4O2. The van der Waals surface area contributed by atoms with Gasteiger partial charge in [0.2, 0.25) is 0 Å². The number of benzene rings is 2. The number of rotatable bonds is 8. The molecule has 0 spiro atoms. The van der Waals surface area contributed by atoms with Crippen molar-refractivity contribution in [1.82, 2.24) is 15.1 Å². The first-order valence-corrected chi connectivity index (χ1v) is 10.4. The zero-order valence-electron chi connectivity index (χ0n) is 18.0. The van der Waals surface area contributed by atoms with Crippen LogP contribution in [0.15, 0.2) is 59.6 Å². The first-order chi connectivity index (χ1) is 15.1. The van der Waals surface area contributed by atoms with Gasteiger partial charge < -0.3 is 19.7 Å². The highest BCUT2D eigenvalue weighted by atomic mass is 19.3. The molecule has 1 saturated heterocycles. The van der Waals surface area contributed by atoms with Gasteiger partial charge in [0.05, 0.1) is 19.3 Å². The Bertz CT molecular complexity index is 812. The third kappa shape index (κ3) is 6.90. The minimum atomic E-state index is -2.82. The molecule has 31 heavy (non-hydrogen) atoms. The van der Waals surface area contributed by atoms with Gasteiger partial charge in [-0.05, 0) is 23.3 Å². The predicted molar refractivity (Wildman–Crippen MR) is 117 cm³/mol. The van der Waals surface area contributed by atoms with E-state index in [-0.39, 0.29) is 11.8 Å². The molecule has 1 heterocycles. The number of aliphatic imine (C=N–C) groups is 1. The second-order valence-corrected chi connectivity index (χ2v) is 7.38. The molecule has 0 radical (unpaired) electrons. The lowest BCUT2D eigenvalue weighted by Crippen LogP contribution is -2.46. The van der Waals surface area contributed by atoms with Gasteiger partial charge >= 0.3 is 6.61 Å². The lowest BCUT2D eigenvalue weighted by atomic mass is 10.0. The van der Waals surface area contributed by atoms with E-state index >= 15 is 0 Å². The van der Waals surface area contributed by atoms with E-state index in [9.17, 15) is 8.78 Å². The van der Waals surface area contributed by atoms with E-state index in [1.54, 1.807) is 31.3 Å². The van der Waals surface area contributed by atoms with Gasteiger partial charge in [0.15, 0.2) is 5.96 Å². The van der Waals surface area contributed by atoms with Crippen LogP contribution in [0.4, 0.5) is 8.78 Å². The van der Waals surface area contributed by atoms with Crippen molar-refractivity contribution in [2.75, 3.05) is 46.9 Å². The van der Waals surface area contributed by atoms with Crippen LogP contribution in [-0.2, 0) is 11.3 Å². The fourth-order valence-corrected chi connectivity index (χ4v) is 3.72. The van der Waals surface area contributed by atoms with E-state index in [1.807, 2.05) is 18.0 Å². The van der Waals surface area contributed by atoms with Crippen LogP contribution < -0.4 is 10.1 Å². The van der Waals surface area contributed by atoms with Crippen LogP contribution in [-0.4, -0.2) is 69.3 Å². The number of morpholine rings is 1. The van der Waals surface area contributed by atoms with Crippen molar-refractivity contribution in [1.29, 1.82) is 0 Å². The molecule has 1 unspecified atom stereocenters. The average molecular weight is 433 g/mol. The smallest absolute Gasteiger partial charge is 0.387 e. The second-order valence-electron chi connectivity index (χ2n) is 7.38. The highest BCUT2D eigenvalue weighted by molar-refractivity contribution is 5.79. The van der Waals surface area contributed by atoms with E-state index in [4.69, 9.17) is 4.74 Å². The third-order valence-corrected chi connectivity index (χ3v) is 5.27. The number of nitrogens with one attached hydrogen (secondary N) is 1. The summed E-state index contributed by atoms with van der Waals surface area (Å²) in [6, 6.07) is 17.3. The van der Waals surface area contributed by atoms with Crippen molar-refractivity contribution in [3.63, 3.8) is 0 Å². The van der Waals surface area contributed by atoms with Crippen molar-refractivity contribution < 1.29 is 18.3 Å². The van der Waals surface area contributed by atoms with E-state index in [0.29, 0.717) is 13.1 Å². The van der Waals surface area contributed by atoms with Gasteiger partial charge in [0.25, 0.3) is 0 Å². The van der Waals surface area contributed by atoms with Crippen molar-refractivity contribution >= 4 is 5.96 Å². The second kappa shape index (κ2) is 11.6. The molecule has 3 rings (SSSR count). The molecular weight excluding hydrogens is 402 g/mol. The minimum absolute atomic E-state index is 0.153. The molecule has 2 aromatic rings. The maximum Gasteiger partial charge on any atom is 0.387 e. The van der Waals surface area contributed by atoms with Crippen LogP contribution in [0.3, 0.4) is 0 Å². The molecule has 1 atom stereocenters. The number of hydrogen-bond acceptors (Lipinski definition) is 4. The first-order valence-electron chi connectivity index (χ1n) is 10.4. The largest absolute Gasteiger partial charge is 0.435 e. The molecule has 2 aromatic carbocycles. The molecule has 168 valence electrons. The van der Waals surface area contributed by atoms with Gasteiger partial charge in [-0.15, -0.1) is 0 Å². The Morgan fingerprint density at radius 2 is 1.81 bits per heavy atom. The molecule has 6 nitrogen and oxygen atoms in total. The van der Waals surface area contributed by atoms with Crippen molar-refractivity contribution in [3.05, 3.63) is 65.7 Å². The van der Waals surface area contributed by atoms with Gasteiger partial charge in [-0.2, -0.15) is 8.78 Å². The van der Waals surface area contributed by atoms with Crippen LogP contribution in [0.5, 0.6) is 5.75 Å². The highest BCUT2D eigenvalue weighted by Crippen LogP contribution is 2.21. The summed E-state index contributed by atoms with van der Waals surface area (Å²) in [6.45, 7) is 1.74. The molecule has 8 heteroatoms. The molecule has 1 fully saturated rings. The summed E-state index contributed by atoms with van der Waals surface area (Å²) in [4.78, 5) is 8.85. The molecule has 1 aliphatic heterocycles. The lowest BCUT2D eigenvalue weighted by Gasteiger charge is -2.35. The van der Waals surface area contributed by atoms with Gasteiger partial charge in [-0.1, -0.05) is 42.5 Å². The Morgan fingerprint density at radius 1 is 1.13 bits per heavy atom. The molecule has 1 aliphatic rings. The fourth-order valence-electron chi connectivity index (χ4n) is 3.72. The topological polar surface area (TPSA) is 49.3 Å². The minimum Gasteiger partial charge on any atom is -0.435 e. The summed E-state index contributed by atoms with van der Waals surface area (Å²) < 4.78 is 34.6. The van der Waals surface area contributed by atoms with E-state index in [2.05, 4.69) is 44.2 Å². The third-order valence-electron chi connectivity index (χ3n) is 5.27. The van der Waals surface area contributed by atoms with E-state index in [0.717, 1.165) is 37.8 Å². The van der Waals surface area contributed by atoms with Crippen molar-refractivity contribution in [3.8, 4) is 5.75 Å². The quantitative estimate of drug-likeness (QED) is 0.512. The normalized spacial score (nSPS) is 16.2. The summed E-state index contributed by atoms with van der Waals surface area (Å²) in [6.07, 6.45) is 0. The maximum absolute atomic E-state index is 12.3. The summed E-state index contributed by atoms with van der Waals surface area (Å²) in [5.74, 6) is 0.919.